The van der Waals surface area contributed by atoms with Crippen molar-refractivity contribution in [2.45, 2.75) is 19.8 Å². The molecule has 2 aromatic rings. The second-order valence-corrected chi connectivity index (χ2v) is 5.78. The van der Waals surface area contributed by atoms with Crippen molar-refractivity contribution >= 4 is 23.3 Å². The number of carbonyl (C=O) groups excluding carboxylic acids is 1. The summed E-state index contributed by atoms with van der Waals surface area (Å²) in [7, 11) is 0. The molecule has 1 atom stereocenters. The van der Waals surface area contributed by atoms with Crippen molar-refractivity contribution in [3.8, 4) is 0 Å². The topological polar surface area (TPSA) is 110 Å². The highest BCUT2D eigenvalue weighted by molar-refractivity contribution is 5.93. The Hall–Kier alpha value is -3.22. The van der Waals surface area contributed by atoms with Crippen LogP contribution in [0.25, 0.3) is 0 Å². The number of non-ortho nitro benzene ring substituents is 1. The van der Waals surface area contributed by atoms with Gasteiger partial charge in [0.1, 0.15) is 0 Å². The van der Waals surface area contributed by atoms with Crippen LogP contribution in [-0.4, -0.2) is 21.9 Å². The predicted octanol–water partition coefficient (Wildman–Crippen LogP) is 3.18. The third kappa shape index (κ3) is 5.42. The van der Waals surface area contributed by atoms with E-state index in [-0.39, 0.29) is 18.5 Å². The SMILES string of the molecule is Cc1cccc(CC(CC(=O)Nc2ccc([N+](=O)[O-])cc2)C(=O)O)c1. The zero-order valence-electron chi connectivity index (χ0n) is 13.6. The average molecular weight is 342 g/mol. The number of benzene rings is 2. The summed E-state index contributed by atoms with van der Waals surface area (Å²) < 4.78 is 0. The van der Waals surface area contributed by atoms with Crippen molar-refractivity contribution in [1.29, 1.82) is 0 Å². The number of hydrogen-bond acceptors (Lipinski definition) is 4. The number of amides is 1. The lowest BCUT2D eigenvalue weighted by atomic mass is 9.95. The first kappa shape index (κ1) is 18.1. The molecular formula is C18H18N2O5. The molecule has 2 aromatic carbocycles. The number of rotatable bonds is 7. The van der Waals surface area contributed by atoms with Gasteiger partial charge in [-0.25, -0.2) is 0 Å². The second-order valence-electron chi connectivity index (χ2n) is 5.78. The van der Waals surface area contributed by atoms with Crippen LogP contribution in [0.5, 0.6) is 0 Å². The molecule has 7 nitrogen and oxygen atoms in total. The standard InChI is InChI=1S/C18H18N2O5/c1-12-3-2-4-13(9-12)10-14(18(22)23)11-17(21)19-15-5-7-16(8-6-15)20(24)25/h2-9,14H,10-11H2,1H3,(H,19,21)(H,22,23). The minimum Gasteiger partial charge on any atom is -0.481 e. The molecule has 25 heavy (non-hydrogen) atoms. The van der Waals surface area contributed by atoms with Crippen LogP contribution < -0.4 is 5.32 Å². The number of nitrogens with one attached hydrogen (secondary N) is 1. The summed E-state index contributed by atoms with van der Waals surface area (Å²) in [6.07, 6.45) is 0.0744. The van der Waals surface area contributed by atoms with Crippen molar-refractivity contribution in [3.63, 3.8) is 0 Å². The Morgan fingerprint density at radius 2 is 1.88 bits per heavy atom. The normalized spacial score (nSPS) is 11.6. The molecule has 0 heterocycles. The summed E-state index contributed by atoms with van der Waals surface area (Å²) in [5, 5.41) is 22.5. The van der Waals surface area contributed by atoms with Crippen LogP contribution in [0.3, 0.4) is 0 Å². The summed E-state index contributed by atoms with van der Waals surface area (Å²) in [4.78, 5) is 33.6. The van der Waals surface area contributed by atoms with Crippen LogP contribution in [0.2, 0.25) is 0 Å². The third-order valence-corrected chi connectivity index (χ3v) is 3.71. The van der Waals surface area contributed by atoms with E-state index in [4.69, 9.17) is 0 Å². The van der Waals surface area contributed by atoms with E-state index in [1.54, 1.807) is 0 Å². The molecule has 0 spiro atoms. The number of carboxylic acid groups (broad SMARTS) is 1. The Balaban J connectivity index is 2.00. The van der Waals surface area contributed by atoms with Crippen molar-refractivity contribution in [2.24, 2.45) is 5.92 Å². The lowest BCUT2D eigenvalue weighted by molar-refractivity contribution is -0.384. The summed E-state index contributed by atoms with van der Waals surface area (Å²) in [6.45, 7) is 1.92. The molecule has 0 saturated carbocycles. The summed E-state index contributed by atoms with van der Waals surface area (Å²) in [5.74, 6) is -2.34. The highest BCUT2D eigenvalue weighted by atomic mass is 16.6. The van der Waals surface area contributed by atoms with Gasteiger partial charge in [-0.1, -0.05) is 29.8 Å². The maximum absolute atomic E-state index is 12.1. The zero-order chi connectivity index (χ0) is 18.4. The van der Waals surface area contributed by atoms with Crippen LogP contribution in [0.1, 0.15) is 17.5 Å². The van der Waals surface area contributed by atoms with Gasteiger partial charge in [0.2, 0.25) is 5.91 Å². The highest BCUT2D eigenvalue weighted by Crippen LogP contribution is 2.18. The molecule has 0 aliphatic carbocycles. The number of aliphatic carboxylic acids is 1. The van der Waals surface area contributed by atoms with Gasteiger partial charge in [-0.15, -0.1) is 0 Å². The van der Waals surface area contributed by atoms with Gasteiger partial charge >= 0.3 is 5.97 Å². The van der Waals surface area contributed by atoms with E-state index in [1.807, 2.05) is 31.2 Å². The second kappa shape index (κ2) is 8.05. The molecule has 2 rings (SSSR count). The van der Waals surface area contributed by atoms with Crippen molar-refractivity contribution in [1.82, 2.24) is 0 Å². The number of carboxylic acids is 1. The van der Waals surface area contributed by atoms with E-state index in [0.717, 1.165) is 11.1 Å². The molecular weight excluding hydrogens is 324 g/mol. The fourth-order valence-corrected chi connectivity index (χ4v) is 2.47. The van der Waals surface area contributed by atoms with Gasteiger partial charge in [0.05, 0.1) is 10.8 Å². The molecule has 0 bridgehead atoms. The van der Waals surface area contributed by atoms with Gasteiger partial charge < -0.3 is 10.4 Å². The monoisotopic (exact) mass is 342 g/mol. The Labute approximate surface area is 144 Å². The van der Waals surface area contributed by atoms with E-state index < -0.39 is 22.7 Å². The molecule has 0 fully saturated rings. The van der Waals surface area contributed by atoms with E-state index in [2.05, 4.69) is 5.32 Å². The Kier molecular flexibility index (Phi) is 5.84. The highest BCUT2D eigenvalue weighted by Gasteiger charge is 2.22. The Morgan fingerprint density at radius 3 is 2.44 bits per heavy atom. The Bertz CT molecular complexity index is 786. The van der Waals surface area contributed by atoms with Gasteiger partial charge in [-0.3, -0.25) is 19.7 Å². The number of nitrogens with zero attached hydrogens (tertiary/aromatic N) is 1. The van der Waals surface area contributed by atoms with Crippen molar-refractivity contribution < 1.29 is 19.6 Å². The first-order valence-electron chi connectivity index (χ1n) is 7.68. The number of carbonyl (C=O) groups is 2. The molecule has 0 aromatic heterocycles. The maximum atomic E-state index is 12.1. The van der Waals surface area contributed by atoms with Gasteiger partial charge in [0.15, 0.2) is 0 Å². The van der Waals surface area contributed by atoms with Crippen molar-refractivity contribution in [3.05, 3.63) is 69.8 Å². The molecule has 1 unspecified atom stereocenters. The summed E-state index contributed by atoms with van der Waals surface area (Å²) >= 11 is 0. The summed E-state index contributed by atoms with van der Waals surface area (Å²) in [5.41, 5.74) is 2.18. The van der Waals surface area contributed by atoms with E-state index >= 15 is 0 Å². The van der Waals surface area contributed by atoms with Crippen LogP contribution >= 0.6 is 0 Å². The van der Waals surface area contributed by atoms with Crippen LogP contribution in [0.15, 0.2) is 48.5 Å². The molecule has 0 radical (unpaired) electrons. The van der Waals surface area contributed by atoms with Gasteiger partial charge in [-0.2, -0.15) is 0 Å². The predicted molar refractivity (Wildman–Crippen MR) is 92.4 cm³/mol. The molecule has 1 amide bonds. The molecule has 0 aliphatic rings. The molecule has 2 N–H and O–H groups in total. The molecule has 130 valence electrons. The van der Waals surface area contributed by atoms with Crippen LogP contribution in [0.4, 0.5) is 11.4 Å². The van der Waals surface area contributed by atoms with E-state index in [0.29, 0.717) is 5.69 Å². The molecule has 0 aliphatic heterocycles. The Morgan fingerprint density at radius 1 is 1.20 bits per heavy atom. The van der Waals surface area contributed by atoms with E-state index in [9.17, 15) is 24.8 Å². The first-order valence-corrected chi connectivity index (χ1v) is 7.68. The molecule has 0 saturated heterocycles. The average Bonchev–Trinajstić information content (AvgIpc) is 2.54. The number of anilines is 1. The third-order valence-electron chi connectivity index (χ3n) is 3.71. The van der Waals surface area contributed by atoms with Gasteiger partial charge in [0.25, 0.3) is 5.69 Å². The minimum atomic E-state index is -1.04. The fourth-order valence-electron chi connectivity index (χ4n) is 2.47. The summed E-state index contributed by atoms with van der Waals surface area (Å²) in [6, 6.07) is 12.9. The molecule has 7 heteroatoms. The number of hydrogen-bond donors (Lipinski definition) is 2. The van der Waals surface area contributed by atoms with Crippen LogP contribution in [-0.2, 0) is 16.0 Å². The van der Waals surface area contributed by atoms with E-state index in [1.165, 1.54) is 24.3 Å². The lowest BCUT2D eigenvalue weighted by Crippen LogP contribution is -2.24. The first-order chi connectivity index (χ1) is 11.8. The minimum absolute atomic E-state index is 0.0825. The van der Waals surface area contributed by atoms with Crippen molar-refractivity contribution in [2.75, 3.05) is 5.32 Å². The lowest BCUT2D eigenvalue weighted by Gasteiger charge is -2.13. The zero-order valence-corrected chi connectivity index (χ0v) is 13.6. The number of aryl methyl sites for hydroxylation is 1. The quantitative estimate of drug-likeness (QED) is 0.593. The maximum Gasteiger partial charge on any atom is 0.307 e. The largest absolute Gasteiger partial charge is 0.481 e. The van der Waals surface area contributed by atoms with Crippen LogP contribution in [0, 0.1) is 23.0 Å². The van der Waals surface area contributed by atoms with Gasteiger partial charge in [0, 0.05) is 24.2 Å². The van der Waals surface area contributed by atoms with Gasteiger partial charge in [-0.05, 0) is 31.0 Å². The smallest absolute Gasteiger partial charge is 0.307 e. The fraction of sp³-hybridized carbons (Fsp3) is 0.222. The number of nitro benzene ring substituents is 1. The number of nitro groups is 1.